The second kappa shape index (κ2) is 4.67. The van der Waals surface area contributed by atoms with Crippen molar-refractivity contribution in [1.29, 1.82) is 0 Å². The van der Waals surface area contributed by atoms with E-state index < -0.39 is 0 Å². The van der Waals surface area contributed by atoms with Crippen LogP contribution in [0, 0.1) is 5.92 Å². The molecule has 1 aliphatic rings. The van der Waals surface area contributed by atoms with Gasteiger partial charge in [-0.15, -0.1) is 0 Å². The number of phenols is 1. The highest BCUT2D eigenvalue weighted by Crippen LogP contribution is 2.22. The van der Waals surface area contributed by atoms with Crippen LogP contribution in [-0.2, 0) is 6.54 Å². The molecule has 0 aliphatic carbocycles. The van der Waals surface area contributed by atoms with Crippen molar-refractivity contribution in [2.24, 2.45) is 5.92 Å². The molecule has 2 rings (SSSR count). The molecular weight excluding hydrogens is 186 g/mol. The molecule has 1 heterocycles. The molecule has 0 amide bonds. The number of benzene rings is 1. The third kappa shape index (κ3) is 2.72. The molecule has 1 fully saturated rings. The van der Waals surface area contributed by atoms with Gasteiger partial charge < -0.3 is 5.11 Å². The Hall–Kier alpha value is -1.02. The number of hydrogen-bond acceptors (Lipinski definition) is 2. The summed E-state index contributed by atoms with van der Waals surface area (Å²) >= 11 is 0. The van der Waals surface area contributed by atoms with E-state index in [9.17, 15) is 5.11 Å². The second-order valence-electron chi connectivity index (χ2n) is 4.59. The topological polar surface area (TPSA) is 23.5 Å². The standard InChI is InChI=1S/C13H19NO/c1-11-6-8-14(9-7-11)10-12-4-2-3-5-13(12)15/h2-5,11,15H,6-10H2,1H3. The Bertz CT molecular complexity index is 316. The predicted molar refractivity (Wildman–Crippen MR) is 61.8 cm³/mol. The number of piperidine rings is 1. The monoisotopic (exact) mass is 205 g/mol. The summed E-state index contributed by atoms with van der Waals surface area (Å²) in [6.07, 6.45) is 2.57. The Morgan fingerprint density at radius 3 is 2.60 bits per heavy atom. The van der Waals surface area contributed by atoms with Crippen molar-refractivity contribution < 1.29 is 5.11 Å². The maximum atomic E-state index is 9.67. The lowest BCUT2D eigenvalue weighted by Crippen LogP contribution is -2.32. The highest BCUT2D eigenvalue weighted by atomic mass is 16.3. The van der Waals surface area contributed by atoms with Gasteiger partial charge >= 0.3 is 0 Å². The number of likely N-dealkylation sites (tertiary alicyclic amines) is 1. The molecule has 0 atom stereocenters. The molecular formula is C13H19NO. The lowest BCUT2D eigenvalue weighted by molar-refractivity contribution is 0.183. The van der Waals surface area contributed by atoms with Crippen molar-refractivity contribution in [3.8, 4) is 5.75 Å². The zero-order valence-corrected chi connectivity index (χ0v) is 9.32. The Labute approximate surface area is 91.5 Å². The summed E-state index contributed by atoms with van der Waals surface area (Å²) in [6.45, 7) is 5.53. The van der Waals surface area contributed by atoms with Crippen LogP contribution in [0.4, 0.5) is 0 Å². The van der Waals surface area contributed by atoms with Gasteiger partial charge in [-0.05, 0) is 37.9 Å². The minimum atomic E-state index is 0.427. The fourth-order valence-corrected chi connectivity index (χ4v) is 2.11. The number of nitrogens with zero attached hydrogens (tertiary/aromatic N) is 1. The van der Waals surface area contributed by atoms with Gasteiger partial charge in [-0.1, -0.05) is 25.1 Å². The van der Waals surface area contributed by atoms with Crippen LogP contribution < -0.4 is 0 Å². The first-order valence-corrected chi connectivity index (χ1v) is 5.75. The Morgan fingerprint density at radius 1 is 1.27 bits per heavy atom. The minimum Gasteiger partial charge on any atom is -0.508 e. The highest BCUT2D eigenvalue weighted by Gasteiger charge is 2.16. The van der Waals surface area contributed by atoms with Crippen molar-refractivity contribution in [3.63, 3.8) is 0 Å². The molecule has 2 nitrogen and oxygen atoms in total. The number of rotatable bonds is 2. The van der Waals surface area contributed by atoms with Gasteiger partial charge in [-0.2, -0.15) is 0 Å². The maximum Gasteiger partial charge on any atom is 0.120 e. The third-order valence-corrected chi connectivity index (χ3v) is 3.26. The van der Waals surface area contributed by atoms with Crippen LogP contribution in [0.3, 0.4) is 0 Å². The van der Waals surface area contributed by atoms with E-state index in [4.69, 9.17) is 0 Å². The molecule has 1 aliphatic heterocycles. The number of hydrogen-bond donors (Lipinski definition) is 1. The fraction of sp³-hybridized carbons (Fsp3) is 0.538. The average Bonchev–Trinajstić information content (AvgIpc) is 2.25. The second-order valence-corrected chi connectivity index (χ2v) is 4.59. The molecule has 0 saturated carbocycles. The van der Waals surface area contributed by atoms with Crippen LogP contribution in [0.1, 0.15) is 25.3 Å². The molecule has 0 unspecified atom stereocenters. The van der Waals surface area contributed by atoms with Crippen LogP contribution >= 0.6 is 0 Å². The summed E-state index contributed by atoms with van der Waals surface area (Å²) in [5.41, 5.74) is 1.05. The summed E-state index contributed by atoms with van der Waals surface area (Å²) in [5, 5.41) is 9.67. The van der Waals surface area contributed by atoms with Crippen molar-refractivity contribution in [1.82, 2.24) is 4.90 Å². The van der Waals surface area contributed by atoms with E-state index in [1.807, 2.05) is 18.2 Å². The summed E-state index contributed by atoms with van der Waals surface area (Å²) in [5.74, 6) is 1.29. The van der Waals surface area contributed by atoms with E-state index in [2.05, 4.69) is 11.8 Å². The van der Waals surface area contributed by atoms with Crippen LogP contribution in [0.2, 0.25) is 0 Å². The van der Waals surface area contributed by atoms with Crippen molar-refractivity contribution in [2.45, 2.75) is 26.3 Å². The molecule has 1 aromatic carbocycles. The van der Waals surface area contributed by atoms with Gasteiger partial charge in [0.15, 0.2) is 0 Å². The SMILES string of the molecule is CC1CCN(Cc2ccccc2O)CC1. The first kappa shape index (κ1) is 10.5. The third-order valence-electron chi connectivity index (χ3n) is 3.26. The normalized spacial score (nSPS) is 19.3. The van der Waals surface area contributed by atoms with Crippen LogP contribution in [0.5, 0.6) is 5.75 Å². The van der Waals surface area contributed by atoms with Gasteiger partial charge in [0.05, 0.1) is 0 Å². The van der Waals surface area contributed by atoms with Gasteiger partial charge in [0.1, 0.15) is 5.75 Å². The molecule has 0 spiro atoms. The van der Waals surface area contributed by atoms with Crippen molar-refractivity contribution in [3.05, 3.63) is 29.8 Å². The Balaban J connectivity index is 1.95. The maximum absolute atomic E-state index is 9.67. The molecule has 82 valence electrons. The lowest BCUT2D eigenvalue weighted by Gasteiger charge is -2.30. The number of phenolic OH excluding ortho intramolecular Hbond substituents is 1. The van der Waals surface area contributed by atoms with Gasteiger partial charge in [-0.25, -0.2) is 0 Å². The van der Waals surface area contributed by atoms with Gasteiger partial charge in [-0.3, -0.25) is 4.90 Å². The quantitative estimate of drug-likeness (QED) is 0.802. The molecule has 1 N–H and O–H groups in total. The van der Waals surface area contributed by atoms with Gasteiger partial charge in [0.25, 0.3) is 0 Å². The van der Waals surface area contributed by atoms with E-state index in [0.717, 1.165) is 31.1 Å². The zero-order valence-electron chi connectivity index (χ0n) is 9.32. The van der Waals surface area contributed by atoms with E-state index in [1.54, 1.807) is 6.07 Å². The first-order valence-electron chi connectivity index (χ1n) is 5.75. The Kier molecular flexibility index (Phi) is 3.27. The molecule has 15 heavy (non-hydrogen) atoms. The summed E-state index contributed by atoms with van der Waals surface area (Å²) < 4.78 is 0. The minimum absolute atomic E-state index is 0.427. The first-order chi connectivity index (χ1) is 7.25. The van der Waals surface area contributed by atoms with Crippen molar-refractivity contribution in [2.75, 3.05) is 13.1 Å². The fourth-order valence-electron chi connectivity index (χ4n) is 2.11. The highest BCUT2D eigenvalue weighted by molar-refractivity contribution is 5.31. The van der Waals surface area contributed by atoms with E-state index >= 15 is 0 Å². The average molecular weight is 205 g/mol. The molecule has 1 saturated heterocycles. The van der Waals surface area contributed by atoms with Gasteiger partial charge in [0, 0.05) is 12.1 Å². The summed E-state index contributed by atoms with van der Waals surface area (Å²) in [6, 6.07) is 7.63. The molecule has 0 bridgehead atoms. The zero-order chi connectivity index (χ0) is 10.7. The predicted octanol–water partition coefficient (Wildman–Crippen LogP) is 2.62. The Morgan fingerprint density at radius 2 is 1.93 bits per heavy atom. The number of aromatic hydroxyl groups is 1. The van der Waals surface area contributed by atoms with E-state index in [1.165, 1.54) is 12.8 Å². The van der Waals surface area contributed by atoms with Crippen LogP contribution in [0.15, 0.2) is 24.3 Å². The van der Waals surface area contributed by atoms with E-state index in [0.29, 0.717) is 5.75 Å². The van der Waals surface area contributed by atoms with Crippen LogP contribution in [-0.4, -0.2) is 23.1 Å². The molecule has 0 aromatic heterocycles. The van der Waals surface area contributed by atoms with Crippen molar-refractivity contribution >= 4 is 0 Å². The summed E-state index contributed by atoms with van der Waals surface area (Å²) in [4.78, 5) is 2.43. The van der Waals surface area contributed by atoms with E-state index in [-0.39, 0.29) is 0 Å². The number of para-hydroxylation sites is 1. The smallest absolute Gasteiger partial charge is 0.120 e. The largest absolute Gasteiger partial charge is 0.508 e. The molecule has 0 radical (unpaired) electrons. The molecule has 2 heteroatoms. The van der Waals surface area contributed by atoms with Crippen LogP contribution in [0.25, 0.3) is 0 Å². The molecule has 1 aromatic rings. The lowest BCUT2D eigenvalue weighted by atomic mass is 9.99. The van der Waals surface area contributed by atoms with Gasteiger partial charge in [0.2, 0.25) is 0 Å². The summed E-state index contributed by atoms with van der Waals surface area (Å²) in [7, 11) is 0.